The van der Waals surface area contributed by atoms with E-state index in [0.717, 1.165) is 28.1 Å². The molecule has 0 spiro atoms. The molecule has 2 heterocycles. The van der Waals surface area contributed by atoms with Crippen molar-refractivity contribution < 1.29 is 8.81 Å². The van der Waals surface area contributed by atoms with Gasteiger partial charge in [-0.2, -0.15) is 5.10 Å². The van der Waals surface area contributed by atoms with Crippen LogP contribution < -0.4 is 0 Å². The Bertz CT molecular complexity index is 1130. The minimum absolute atomic E-state index is 0.284. The van der Waals surface area contributed by atoms with E-state index in [9.17, 15) is 4.39 Å². The fourth-order valence-electron chi connectivity index (χ4n) is 3.29. The zero-order chi connectivity index (χ0) is 20.4. The highest BCUT2D eigenvalue weighted by atomic mass is 19.1. The Morgan fingerprint density at radius 2 is 1.86 bits per heavy atom. The Kier molecular flexibility index (Phi) is 5.22. The molecule has 148 valence electrons. The van der Waals surface area contributed by atoms with E-state index in [0.29, 0.717) is 24.9 Å². The van der Waals surface area contributed by atoms with Crippen LogP contribution in [0.25, 0.3) is 16.9 Å². The molecule has 4 aromatic rings. The van der Waals surface area contributed by atoms with Crippen LogP contribution in [0.4, 0.5) is 4.39 Å². The van der Waals surface area contributed by atoms with Crippen LogP contribution in [-0.2, 0) is 13.1 Å². The van der Waals surface area contributed by atoms with Crippen LogP contribution in [0.3, 0.4) is 0 Å². The summed E-state index contributed by atoms with van der Waals surface area (Å²) in [7, 11) is 1.97. The summed E-state index contributed by atoms with van der Waals surface area (Å²) in [5.41, 5.74) is 4.59. The molecule has 0 saturated heterocycles. The molecule has 2 aromatic carbocycles. The summed E-state index contributed by atoms with van der Waals surface area (Å²) in [6.45, 7) is 4.92. The van der Waals surface area contributed by atoms with Crippen molar-refractivity contribution in [1.29, 1.82) is 0 Å². The quantitative estimate of drug-likeness (QED) is 0.490. The van der Waals surface area contributed by atoms with E-state index >= 15 is 0 Å². The Hall–Kier alpha value is -3.32. The van der Waals surface area contributed by atoms with Crippen molar-refractivity contribution in [2.24, 2.45) is 0 Å². The standard InChI is InChI=1S/C22H22FN5O/c1-15-6-4-9-20(10-15)28-13-18(12-27(3)14-21-25-24-16(2)29-21)22(26-28)17-7-5-8-19(23)11-17/h4-11,13H,12,14H2,1-3H3. The lowest BCUT2D eigenvalue weighted by Crippen LogP contribution is -2.17. The number of halogens is 1. The zero-order valence-corrected chi connectivity index (χ0v) is 16.6. The van der Waals surface area contributed by atoms with E-state index in [1.165, 1.54) is 12.1 Å². The molecule has 7 heteroatoms. The molecule has 0 atom stereocenters. The van der Waals surface area contributed by atoms with E-state index in [1.54, 1.807) is 13.0 Å². The second-order valence-corrected chi connectivity index (χ2v) is 7.18. The van der Waals surface area contributed by atoms with Crippen molar-refractivity contribution in [1.82, 2.24) is 24.9 Å². The fraction of sp³-hybridized carbons (Fsp3) is 0.227. The van der Waals surface area contributed by atoms with Gasteiger partial charge in [-0.15, -0.1) is 10.2 Å². The van der Waals surface area contributed by atoms with Gasteiger partial charge in [0, 0.05) is 30.8 Å². The molecule has 0 aliphatic rings. The van der Waals surface area contributed by atoms with Crippen molar-refractivity contribution in [2.75, 3.05) is 7.05 Å². The molecule has 0 radical (unpaired) electrons. The van der Waals surface area contributed by atoms with Crippen molar-refractivity contribution in [3.63, 3.8) is 0 Å². The first-order chi connectivity index (χ1) is 14.0. The number of aromatic nitrogens is 4. The van der Waals surface area contributed by atoms with E-state index in [4.69, 9.17) is 9.52 Å². The molecule has 0 unspecified atom stereocenters. The maximum Gasteiger partial charge on any atom is 0.230 e. The van der Waals surface area contributed by atoms with Gasteiger partial charge in [-0.3, -0.25) is 4.90 Å². The van der Waals surface area contributed by atoms with Crippen LogP contribution in [-0.4, -0.2) is 31.9 Å². The van der Waals surface area contributed by atoms with Crippen LogP contribution in [0.5, 0.6) is 0 Å². The summed E-state index contributed by atoms with van der Waals surface area (Å²) in [5, 5.41) is 12.7. The first-order valence-corrected chi connectivity index (χ1v) is 9.37. The lowest BCUT2D eigenvalue weighted by atomic mass is 10.1. The highest BCUT2D eigenvalue weighted by Gasteiger charge is 2.16. The molecule has 0 bridgehead atoms. The first kappa shape index (κ1) is 19.0. The number of nitrogens with zero attached hydrogens (tertiary/aromatic N) is 5. The third-order valence-electron chi connectivity index (χ3n) is 4.57. The van der Waals surface area contributed by atoms with E-state index in [2.05, 4.69) is 21.2 Å². The summed E-state index contributed by atoms with van der Waals surface area (Å²) in [6, 6.07) is 14.6. The number of hydrogen-bond donors (Lipinski definition) is 0. The lowest BCUT2D eigenvalue weighted by Gasteiger charge is -2.14. The first-order valence-electron chi connectivity index (χ1n) is 9.37. The normalized spacial score (nSPS) is 11.3. The lowest BCUT2D eigenvalue weighted by molar-refractivity contribution is 0.279. The van der Waals surface area contributed by atoms with Crippen LogP contribution in [0.2, 0.25) is 0 Å². The highest BCUT2D eigenvalue weighted by Crippen LogP contribution is 2.26. The number of hydrogen-bond acceptors (Lipinski definition) is 5. The summed E-state index contributed by atoms with van der Waals surface area (Å²) in [4.78, 5) is 2.06. The zero-order valence-electron chi connectivity index (χ0n) is 16.6. The minimum Gasteiger partial charge on any atom is -0.424 e. The van der Waals surface area contributed by atoms with Crippen molar-refractivity contribution >= 4 is 0 Å². The fourth-order valence-corrected chi connectivity index (χ4v) is 3.29. The Balaban J connectivity index is 1.68. The van der Waals surface area contributed by atoms with Gasteiger partial charge in [-0.05, 0) is 43.8 Å². The SMILES string of the molecule is Cc1cccc(-n2cc(CN(C)Cc3nnc(C)o3)c(-c3cccc(F)c3)n2)c1. The average molecular weight is 391 g/mol. The van der Waals surface area contributed by atoms with Crippen molar-refractivity contribution in [2.45, 2.75) is 26.9 Å². The number of aryl methyl sites for hydroxylation is 2. The topological polar surface area (TPSA) is 60.0 Å². The van der Waals surface area contributed by atoms with Crippen LogP contribution >= 0.6 is 0 Å². The van der Waals surface area contributed by atoms with Crippen molar-refractivity contribution in [3.8, 4) is 16.9 Å². The molecule has 0 N–H and O–H groups in total. The molecule has 0 aliphatic carbocycles. The molecular weight excluding hydrogens is 369 g/mol. The van der Waals surface area contributed by atoms with Gasteiger partial charge in [0.1, 0.15) is 5.82 Å². The molecule has 0 amide bonds. The van der Waals surface area contributed by atoms with E-state index in [-0.39, 0.29) is 5.82 Å². The van der Waals surface area contributed by atoms with Crippen LogP contribution in [0.1, 0.15) is 22.9 Å². The van der Waals surface area contributed by atoms with Crippen LogP contribution in [0.15, 0.2) is 59.1 Å². The molecule has 0 fully saturated rings. The van der Waals surface area contributed by atoms with Gasteiger partial charge in [-0.1, -0.05) is 24.3 Å². The van der Waals surface area contributed by atoms with Gasteiger partial charge in [0.15, 0.2) is 0 Å². The molecule has 0 aliphatic heterocycles. The highest BCUT2D eigenvalue weighted by molar-refractivity contribution is 5.63. The Morgan fingerprint density at radius 1 is 1.03 bits per heavy atom. The monoisotopic (exact) mass is 391 g/mol. The summed E-state index contributed by atoms with van der Waals surface area (Å²) >= 11 is 0. The van der Waals surface area contributed by atoms with E-state index in [1.807, 2.05) is 49.1 Å². The molecule has 2 aromatic heterocycles. The third-order valence-corrected chi connectivity index (χ3v) is 4.57. The van der Waals surface area contributed by atoms with Gasteiger partial charge >= 0.3 is 0 Å². The van der Waals surface area contributed by atoms with Gasteiger partial charge in [0.2, 0.25) is 11.8 Å². The van der Waals surface area contributed by atoms with E-state index < -0.39 is 0 Å². The average Bonchev–Trinajstić information content (AvgIpc) is 3.28. The second kappa shape index (κ2) is 7.97. The second-order valence-electron chi connectivity index (χ2n) is 7.18. The predicted octanol–water partition coefficient (Wildman–Crippen LogP) is 4.31. The molecule has 6 nitrogen and oxygen atoms in total. The third kappa shape index (κ3) is 4.41. The van der Waals surface area contributed by atoms with Gasteiger partial charge in [-0.25, -0.2) is 9.07 Å². The molecule has 0 saturated carbocycles. The smallest absolute Gasteiger partial charge is 0.230 e. The number of benzene rings is 2. The maximum atomic E-state index is 13.8. The van der Waals surface area contributed by atoms with Gasteiger partial charge < -0.3 is 4.42 Å². The largest absolute Gasteiger partial charge is 0.424 e. The maximum absolute atomic E-state index is 13.8. The molecular formula is C22H22FN5O. The Morgan fingerprint density at radius 3 is 2.59 bits per heavy atom. The Labute approximate surface area is 168 Å². The van der Waals surface area contributed by atoms with Gasteiger partial charge in [0.25, 0.3) is 0 Å². The van der Waals surface area contributed by atoms with Crippen molar-refractivity contribution in [3.05, 3.63) is 83.5 Å². The minimum atomic E-state index is -0.284. The molecule has 4 rings (SSSR count). The molecule has 29 heavy (non-hydrogen) atoms. The predicted molar refractivity (Wildman–Crippen MR) is 108 cm³/mol. The van der Waals surface area contributed by atoms with Crippen LogP contribution in [0, 0.1) is 19.7 Å². The summed E-state index contributed by atoms with van der Waals surface area (Å²) in [6.07, 6.45) is 1.99. The number of rotatable bonds is 6. The summed E-state index contributed by atoms with van der Waals surface area (Å²) in [5.74, 6) is 0.817. The summed E-state index contributed by atoms with van der Waals surface area (Å²) < 4.78 is 21.2. The van der Waals surface area contributed by atoms with Gasteiger partial charge in [0.05, 0.1) is 17.9 Å².